The van der Waals surface area contributed by atoms with Crippen LogP contribution in [0.2, 0.25) is 0 Å². The minimum Gasteiger partial charge on any atom is -0.335 e. The van der Waals surface area contributed by atoms with Crippen LogP contribution < -0.4 is 5.32 Å². The van der Waals surface area contributed by atoms with Gasteiger partial charge in [0, 0.05) is 43.3 Å². The molecule has 0 aliphatic heterocycles. The van der Waals surface area contributed by atoms with E-state index in [0.29, 0.717) is 13.0 Å². The summed E-state index contributed by atoms with van der Waals surface area (Å²) in [5.74, 6) is 0. The maximum Gasteiger partial charge on any atom is 0.317 e. The molecule has 1 N–H and O–H groups in total. The molecule has 0 saturated carbocycles. The number of amides is 2. The molecule has 0 spiro atoms. The molecule has 0 saturated heterocycles. The Labute approximate surface area is 130 Å². The van der Waals surface area contributed by atoms with Crippen LogP contribution in [0, 0.1) is 6.92 Å². The molecule has 0 bridgehead atoms. The molecule has 6 heteroatoms. The van der Waals surface area contributed by atoms with E-state index in [1.807, 2.05) is 32.0 Å². The first kappa shape index (κ1) is 15.9. The molecule has 1 atom stereocenters. The molecule has 6 nitrogen and oxygen atoms in total. The van der Waals surface area contributed by atoms with Gasteiger partial charge in [-0.1, -0.05) is 6.07 Å². The lowest BCUT2D eigenvalue weighted by atomic mass is 10.1. The average molecular weight is 299 g/mol. The van der Waals surface area contributed by atoms with Crippen LogP contribution in [-0.2, 0) is 13.0 Å². The van der Waals surface area contributed by atoms with E-state index >= 15 is 0 Å². The van der Waals surface area contributed by atoms with Gasteiger partial charge in [-0.25, -0.2) is 4.79 Å². The Balaban J connectivity index is 1.85. The number of carbonyl (C=O) groups excluding carboxylic acids is 1. The van der Waals surface area contributed by atoms with Gasteiger partial charge in [-0.05, 0) is 26.0 Å². The lowest BCUT2D eigenvalue weighted by Gasteiger charge is -2.21. The first-order valence-electron chi connectivity index (χ1n) is 7.23. The molecule has 2 aromatic rings. The SMILES string of the molecule is Cc1cccc(C[C@H](C)NC(=O)N(C)Cc2cnccn2)n1. The monoisotopic (exact) mass is 299 g/mol. The summed E-state index contributed by atoms with van der Waals surface area (Å²) in [4.78, 5) is 26.4. The number of carbonyl (C=O) groups is 1. The van der Waals surface area contributed by atoms with Crippen molar-refractivity contribution < 1.29 is 4.79 Å². The van der Waals surface area contributed by atoms with Crippen molar-refractivity contribution in [3.8, 4) is 0 Å². The van der Waals surface area contributed by atoms with Crippen LogP contribution in [0.25, 0.3) is 0 Å². The summed E-state index contributed by atoms with van der Waals surface area (Å²) in [5.41, 5.74) is 2.72. The number of nitrogens with one attached hydrogen (secondary N) is 1. The van der Waals surface area contributed by atoms with Gasteiger partial charge in [0.2, 0.25) is 0 Å². The summed E-state index contributed by atoms with van der Waals surface area (Å²) >= 11 is 0. The quantitative estimate of drug-likeness (QED) is 0.916. The van der Waals surface area contributed by atoms with E-state index in [1.54, 1.807) is 30.5 Å². The van der Waals surface area contributed by atoms with Crippen molar-refractivity contribution in [2.45, 2.75) is 32.9 Å². The summed E-state index contributed by atoms with van der Waals surface area (Å²) in [7, 11) is 1.74. The molecule has 2 amide bonds. The summed E-state index contributed by atoms with van der Waals surface area (Å²) in [6.07, 6.45) is 5.59. The van der Waals surface area contributed by atoms with Crippen LogP contribution in [0.15, 0.2) is 36.8 Å². The number of nitrogens with zero attached hydrogens (tertiary/aromatic N) is 4. The van der Waals surface area contributed by atoms with Crippen LogP contribution in [0.1, 0.15) is 24.0 Å². The largest absolute Gasteiger partial charge is 0.335 e. The number of rotatable bonds is 5. The second kappa shape index (κ2) is 7.49. The Morgan fingerprint density at radius 1 is 1.32 bits per heavy atom. The zero-order valence-corrected chi connectivity index (χ0v) is 13.2. The molecule has 116 valence electrons. The minimum atomic E-state index is -0.134. The first-order chi connectivity index (χ1) is 10.5. The van der Waals surface area contributed by atoms with Crippen molar-refractivity contribution in [3.63, 3.8) is 0 Å². The Morgan fingerprint density at radius 3 is 2.82 bits per heavy atom. The fourth-order valence-electron chi connectivity index (χ4n) is 2.13. The van der Waals surface area contributed by atoms with Gasteiger partial charge in [0.05, 0.1) is 18.4 Å². The zero-order valence-electron chi connectivity index (χ0n) is 13.2. The molecule has 0 aliphatic carbocycles. The molecule has 22 heavy (non-hydrogen) atoms. The molecule has 0 radical (unpaired) electrons. The fourth-order valence-corrected chi connectivity index (χ4v) is 2.13. The standard InChI is InChI=1S/C16H21N5O/c1-12-5-4-6-14(19-12)9-13(2)20-16(22)21(3)11-15-10-17-7-8-18-15/h4-8,10,13H,9,11H2,1-3H3,(H,20,22)/t13-/m0/s1. The highest BCUT2D eigenvalue weighted by Gasteiger charge is 2.13. The van der Waals surface area contributed by atoms with Crippen LogP contribution >= 0.6 is 0 Å². The lowest BCUT2D eigenvalue weighted by Crippen LogP contribution is -2.42. The molecule has 2 heterocycles. The molecule has 0 fully saturated rings. The van der Waals surface area contributed by atoms with E-state index in [4.69, 9.17) is 0 Å². The minimum absolute atomic E-state index is 0.00566. The van der Waals surface area contributed by atoms with Gasteiger partial charge in [-0.15, -0.1) is 0 Å². The van der Waals surface area contributed by atoms with Crippen molar-refractivity contribution in [1.29, 1.82) is 0 Å². The smallest absolute Gasteiger partial charge is 0.317 e. The van der Waals surface area contributed by atoms with Gasteiger partial charge in [-0.3, -0.25) is 15.0 Å². The van der Waals surface area contributed by atoms with Crippen LogP contribution in [0.4, 0.5) is 4.79 Å². The van der Waals surface area contributed by atoms with E-state index in [1.165, 1.54) is 0 Å². The van der Waals surface area contributed by atoms with Gasteiger partial charge >= 0.3 is 6.03 Å². The predicted molar refractivity (Wildman–Crippen MR) is 84.2 cm³/mol. The molecule has 0 aromatic carbocycles. The zero-order chi connectivity index (χ0) is 15.9. The summed E-state index contributed by atoms with van der Waals surface area (Å²) < 4.78 is 0. The van der Waals surface area contributed by atoms with Gasteiger partial charge in [-0.2, -0.15) is 0 Å². The number of aromatic nitrogens is 3. The van der Waals surface area contributed by atoms with Gasteiger partial charge < -0.3 is 10.2 Å². The first-order valence-corrected chi connectivity index (χ1v) is 7.23. The Morgan fingerprint density at radius 2 is 2.14 bits per heavy atom. The number of urea groups is 1. The van der Waals surface area contributed by atoms with Gasteiger partial charge in [0.25, 0.3) is 0 Å². The topological polar surface area (TPSA) is 71.0 Å². The fraction of sp³-hybridized carbons (Fsp3) is 0.375. The molecule has 0 unspecified atom stereocenters. The summed E-state index contributed by atoms with van der Waals surface area (Å²) in [6.45, 7) is 4.36. The third-order valence-electron chi connectivity index (χ3n) is 3.19. The van der Waals surface area contributed by atoms with E-state index in [9.17, 15) is 4.79 Å². The van der Waals surface area contributed by atoms with Crippen molar-refractivity contribution >= 4 is 6.03 Å². The molecule has 0 aliphatic rings. The Hall–Kier alpha value is -2.50. The van der Waals surface area contributed by atoms with E-state index in [-0.39, 0.29) is 12.1 Å². The van der Waals surface area contributed by atoms with Crippen LogP contribution in [0.5, 0.6) is 0 Å². The Kier molecular flexibility index (Phi) is 5.41. The normalized spacial score (nSPS) is 11.8. The van der Waals surface area contributed by atoms with Gasteiger partial charge in [0.1, 0.15) is 0 Å². The highest BCUT2D eigenvalue weighted by atomic mass is 16.2. The van der Waals surface area contributed by atoms with Crippen molar-refractivity contribution in [2.75, 3.05) is 7.05 Å². The predicted octanol–water partition coefficient (Wildman–Crippen LogP) is 1.95. The van der Waals surface area contributed by atoms with Crippen LogP contribution in [-0.4, -0.2) is 39.0 Å². The Bertz CT molecular complexity index is 617. The lowest BCUT2D eigenvalue weighted by molar-refractivity contribution is 0.202. The highest BCUT2D eigenvalue weighted by molar-refractivity contribution is 5.74. The van der Waals surface area contributed by atoms with Crippen molar-refractivity contribution in [3.05, 3.63) is 53.9 Å². The summed E-state index contributed by atoms with van der Waals surface area (Å²) in [6, 6.07) is 5.78. The number of hydrogen-bond acceptors (Lipinski definition) is 4. The molecular formula is C16H21N5O. The molecular weight excluding hydrogens is 278 g/mol. The number of pyridine rings is 1. The second-order valence-corrected chi connectivity index (χ2v) is 5.38. The number of hydrogen-bond donors (Lipinski definition) is 1. The maximum atomic E-state index is 12.2. The average Bonchev–Trinajstić information content (AvgIpc) is 2.48. The van der Waals surface area contributed by atoms with Crippen molar-refractivity contribution in [1.82, 2.24) is 25.2 Å². The number of aryl methyl sites for hydroxylation is 1. The van der Waals surface area contributed by atoms with Crippen molar-refractivity contribution in [2.24, 2.45) is 0 Å². The maximum absolute atomic E-state index is 12.2. The van der Waals surface area contributed by atoms with E-state index in [0.717, 1.165) is 17.1 Å². The second-order valence-electron chi connectivity index (χ2n) is 5.38. The van der Waals surface area contributed by atoms with E-state index in [2.05, 4.69) is 20.3 Å². The van der Waals surface area contributed by atoms with E-state index < -0.39 is 0 Å². The third kappa shape index (κ3) is 4.80. The third-order valence-corrected chi connectivity index (χ3v) is 3.19. The van der Waals surface area contributed by atoms with Crippen LogP contribution in [0.3, 0.4) is 0 Å². The molecule has 2 aromatic heterocycles. The molecule has 2 rings (SSSR count). The highest BCUT2D eigenvalue weighted by Crippen LogP contribution is 2.03. The van der Waals surface area contributed by atoms with Gasteiger partial charge in [0.15, 0.2) is 0 Å². The summed E-state index contributed by atoms with van der Waals surface area (Å²) in [5, 5.41) is 2.97.